The van der Waals surface area contributed by atoms with E-state index in [9.17, 15) is 9.59 Å². The number of benzene rings is 1. The van der Waals surface area contributed by atoms with Gasteiger partial charge in [-0.25, -0.2) is 0 Å². The Bertz CT molecular complexity index is 493. The lowest BCUT2D eigenvalue weighted by Gasteiger charge is -2.09. The van der Waals surface area contributed by atoms with Gasteiger partial charge in [-0.1, -0.05) is 23.7 Å². The highest BCUT2D eigenvalue weighted by molar-refractivity contribution is 6.30. The van der Waals surface area contributed by atoms with Crippen molar-refractivity contribution >= 4 is 41.7 Å². The summed E-state index contributed by atoms with van der Waals surface area (Å²) < 4.78 is 0. The van der Waals surface area contributed by atoms with Crippen molar-refractivity contribution in [1.29, 1.82) is 0 Å². The second kappa shape index (κ2) is 8.90. The van der Waals surface area contributed by atoms with Gasteiger partial charge in [0.15, 0.2) is 11.6 Å². The van der Waals surface area contributed by atoms with E-state index in [1.54, 1.807) is 30.3 Å². The molecule has 5 heteroatoms. The smallest absolute Gasteiger partial charge is 0.167 e. The Kier molecular flexibility index (Phi) is 8.39. The summed E-state index contributed by atoms with van der Waals surface area (Å²) in [7, 11) is 3.78. The van der Waals surface area contributed by atoms with E-state index < -0.39 is 0 Å². The molecule has 0 heterocycles. The summed E-state index contributed by atoms with van der Waals surface area (Å²) in [5.41, 5.74) is 1.04. The maximum absolute atomic E-state index is 12.0. The van der Waals surface area contributed by atoms with E-state index in [1.165, 1.54) is 6.92 Å². The molecular formula is C15H19Cl2NO2. The van der Waals surface area contributed by atoms with Gasteiger partial charge in [-0.3, -0.25) is 9.59 Å². The second-order valence-electron chi connectivity index (χ2n) is 4.64. The normalized spacial score (nSPS) is 11.2. The Morgan fingerprint density at radius 3 is 2.20 bits per heavy atom. The molecule has 0 radical (unpaired) electrons. The number of allylic oxidation sites excluding steroid dienone is 1. The van der Waals surface area contributed by atoms with E-state index in [2.05, 4.69) is 0 Å². The average molecular weight is 316 g/mol. The summed E-state index contributed by atoms with van der Waals surface area (Å²) >= 11 is 5.80. The van der Waals surface area contributed by atoms with Gasteiger partial charge in [0.1, 0.15) is 0 Å². The Morgan fingerprint density at radius 1 is 1.20 bits per heavy atom. The Labute approximate surface area is 131 Å². The zero-order chi connectivity index (χ0) is 14.4. The molecule has 1 rings (SSSR count). The SMILES string of the molecule is CC(=O)/C(=C\c1ccc(Cl)cc1)C(=O)CCN(C)C.Cl. The van der Waals surface area contributed by atoms with Gasteiger partial charge in [0.05, 0.1) is 5.57 Å². The topological polar surface area (TPSA) is 37.4 Å². The summed E-state index contributed by atoms with van der Waals surface area (Å²) in [5, 5.41) is 0.625. The first-order valence-electron chi connectivity index (χ1n) is 6.06. The van der Waals surface area contributed by atoms with Gasteiger partial charge in [0.2, 0.25) is 0 Å². The van der Waals surface area contributed by atoms with Gasteiger partial charge >= 0.3 is 0 Å². The molecule has 0 saturated heterocycles. The highest BCUT2D eigenvalue weighted by atomic mass is 35.5. The van der Waals surface area contributed by atoms with Crippen LogP contribution >= 0.6 is 24.0 Å². The molecule has 0 saturated carbocycles. The van der Waals surface area contributed by atoms with Crippen molar-refractivity contribution in [3.8, 4) is 0 Å². The fourth-order valence-electron chi connectivity index (χ4n) is 1.56. The Balaban J connectivity index is 0.00000361. The van der Waals surface area contributed by atoms with Gasteiger partial charge < -0.3 is 4.90 Å². The van der Waals surface area contributed by atoms with Crippen molar-refractivity contribution in [1.82, 2.24) is 4.90 Å². The summed E-state index contributed by atoms with van der Waals surface area (Å²) in [4.78, 5) is 25.5. The summed E-state index contributed by atoms with van der Waals surface area (Å²) in [6, 6.07) is 7.03. The van der Waals surface area contributed by atoms with Crippen LogP contribution in [0.3, 0.4) is 0 Å². The molecule has 0 aliphatic rings. The molecular weight excluding hydrogens is 297 g/mol. The van der Waals surface area contributed by atoms with Crippen LogP contribution in [0.2, 0.25) is 5.02 Å². The lowest BCUT2D eigenvalue weighted by atomic mass is 10.0. The van der Waals surface area contributed by atoms with Crippen LogP contribution < -0.4 is 0 Å². The summed E-state index contributed by atoms with van der Waals surface area (Å²) in [6.07, 6.45) is 1.96. The molecule has 0 bridgehead atoms. The maximum Gasteiger partial charge on any atom is 0.167 e. The van der Waals surface area contributed by atoms with E-state index in [4.69, 9.17) is 11.6 Å². The summed E-state index contributed by atoms with van der Waals surface area (Å²) in [5.74, 6) is -0.338. The third-order valence-corrected chi connectivity index (χ3v) is 2.90. The van der Waals surface area contributed by atoms with E-state index in [0.717, 1.165) is 5.56 Å². The van der Waals surface area contributed by atoms with Crippen LogP contribution in [-0.2, 0) is 9.59 Å². The molecule has 0 fully saturated rings. The quantitative estimate of drug-likeness (QED) is 0.459. The van der Waals surface area contributed by atoms with Crippen LogP contribution in [0.5, 0.6) is 0 Å². The predicted octanol–water partition coefficient (Wildman–Crippen LogP) is 3.26. The van der Waals surface area contributed by atoms with Gasteiger partial charge in [-0.15, -0.1) is 12.4 Å². The van der Waals surface area contributed by atoms with Crippen LogP contribution in [0.15, 0.2) is 29.8 Å². The van der Waals surface area contributed by atoms with Crippen molar-refractivity contribution in [3.05, 3.63) is 40.4 Å². The number of hydrogen-bond acceptors (Lipinski definition) is 3. The molecule has 0 aliphatic heterocycles. The molecule has 0 aromatic heterocycles. The molecule has 0 spiro atoms. The van der Waals surface area contributed by atoms with Crippen LogP contribution in [0.25, 0.3) is 6.08 Å². The van der Waals surface area contributed by atoms with Gasteiger partial charge in [-0.05, 0) is 44.8 Å². The van der Waals surface area contributed by atoms with E-state index in [-0.39, 0.29) is 29.5 Å². The standard InChI is InChI=1S/C15H18ClNO2.ClH/c1-11(18)14(15(19)8-9-17(2)3)10-12-4-6-13(16)7-5-12;/h4-7,10H,8-9H2,1-3H3;1H/b14-10+;. The summed E-state index contributed by atoms with van der Waals surface area (Å²) in [6.45, 7) is 2.04. The molecule has 0 atom stereocenters. The Hall–Kier alpha value is -1.16. The van der Waals surface area contributed by atoms with Crippen molar-refractivity contribution in [3.63, 3.8) is 0 Å². The minimum atomic E-state index is -0.210. The fourth-order valence-corrected chi connectivity index (χ4v) is 1.69. The monoisotopic (exact) mass is 315 g/mol. The predicted molar refractivity (Wildman–Crippen MR) is 85.5 cm³/mol. The molecule has 3 nitrogen and oxygen atoms in total. The van der Waals surface area contributed by atoms with Gasteiger partial charge in [-0.2, -0.15) is 0 Å². The first-order chi connectivity index (χ1) is 8.90. The highest BCUT2D eigenvalue weighted by Crippen LogP contribution is 2.14. The van der Waals surface area contributed by atoms with Crippen LogP contribution in [0.1, 0.15) is 18.9 Å². The fraction of sp³-hybridized carbons (Fsp3) is 0.333. The average Bonchev–Trinajstić information content (AvgIpc) is 2.34. The van der Waals surface area contributed by atoms with Crippen molar-refractivity contribution in [2.24, 2.45) is 0 Å². The molecule has 20 heavy (non-hydrogen) atoms. The van der Waals surface area contributed by atoms with Gasteiger partial charge in [0, 0.05) is 18.0 Å². The molecule has 0 aliphatic carbocycles. The minimum absolute atomic E-state index is 0. The first kappa shape index (κ1) is 18.8. The third kappa shape index (κ3) is 6.33. The van der Waals surface area contributed by atoms with E-state index in [1.807, 2.05) is 19.0 Å². The highest BCUT2D eigenvalue weighted by Gasteiger charge is 2.14. The van der Waals surface area contributed by atoms with Crippen molar-refractivity contribution in [2.75, 3.05) is 20.6 Å². The third-order valence-electron chi connectivity index (χ3n) is 2.65. The van der Waals surface area contributed by atoms with E-state index in [0.29, 0.717) is 18.0 Å². The molecule has 110 valence electrons. The molecule has 0 amide bonds. The number of nitrogens with zero attached hydrogens (tertiary/aromatic N) is 1. The zero-order valence-electron chi connectivity index (χ0n) is 11.9. The van der Waals surface area contributed by atoms with Crippen LogP contribution in [-0.4, -0.2) is 37.1 Å². The number of carbonyl (C=O) groups is 2. The van der Waals surface area contributed by atoms with Gasteiger partial charge in [0.25, 0.3) is 0 Å². The number of halogens is 2. The lowest BCUT2D eigenvalue weighted by molar-refractivity contribution is -0.120. The largest absolute Gasteiger partial charge is 0.309 e. The number of carbonyl (C=O) groups excluding carboxylic acids is 2. The number of rotatable bonds is 6. The van der Waals surface area contributed by atoms with Crippen molar-refractivity contribution < 1.29 is 9.59 Å². The van der Waals surface area contributed by atoms with E-state index >= 15 is 0 Å². The van der Waals surface area contributed by atoms with Crippen LogP contribution in [0, 0.1) is 0 Å². The minimum Gasteiger partial charge on any atom is -0.309 e. The molecule has 1 aromatic rings. The zero-order valence-corrected chi connectivity index (χ0v) is 13.4. The van der Waals surface area contributed by atoms with Crippen molar-refractivity contribution in [2.45, 2.75) is 13.3 Å². The van der Waals surface area contributed by atoms with Crippen LogP contribution in [0.4, 0.5) is 0 Å². The number of hydrogen-bond donors (Lipinski definition) is 0. The second-order valence-corrected chi connectivity index (χ2v) is 5.08. The number of ketones is 2. The first-order valence-corrected chi connectivity index (χ1v) is 6.44. The Morgan fingerprint density at radius 2 is 1.75 bits per heavy atom. The molecule has 1 aromatic carbocycles. The molecule has 0 N–H and O–H groups in total. The number of Topliss-reactive ketones (excluding diaryl/α,β-unsaturated/α-hetero) is 2. The lowest BCUT2D eigenvalue weighted by Crippen LogP contribution is -2.19. The molecule has 0 unspecified atom stereocenters. The maximum atomic E-state index is 12.0.